The summed E-state index contributed by atoms with van der Waals surface area (Å²) in [6.45, 7) is 4.58. The van der Waals surface area contributed by atoms with Gasteiger partial charge >= 0.3 is 11.9 Å². The molecule has 4 nitrogen and oxygen atoms in total. The summed E-state index contributed by atoms with van der Waals surface area (Å²) in [4.78, 5) is 23.6. The van der Waals surface area contributed by atoms with Crippen LogP contribution in [0.4, 0.5) is 0 Å². The van der Waals surface area contributed by atoms with Crippen LogP contribution in [0.5, 0.6) is 0 Å². The van der Waals surface area contributed by atoms with Gasteiger partial charge in [0.2, 0.25) is 0 Å². The van der Waals surface area contributed by atoms with Gasteiger partial charge in [0.25, 0.3) is 0 Å². The molecule has 0 aliphatic heterocycles. The topological polar surface area (TPSA) is 63.6 Å². The molecule has 0 rings (SSSR count). The number of carbonyl (C=O) groups excluding carboxylic acids is 1. The Kier molecular flexibility index (Phi) is 43.4. The van der Waals surface area contributed by atoms with Gasteiger partial charge in [0.05, 0.1) is 0 Å². The minimum atomic E-state index is -0.717. The summed E-state index contributed by atoms with van der Waals surface area (Å²) in [5.74, 6) is -0.736. The second-order valence-corrected chi connectivity index (χ2v) is 16.7. The second kappa shape index (κ2) is 44.3. The first-order valence-corrected chi connectivity index (χ1v) is 24.0. The van der Waals surface area contributed by atoms with Crippen molar-refractivity contribution in [2.45, 2.75) is 296 Å². The Morgan fingerprint density at radius 1 is 0.346 bits per heavy atom. The van der Waals surface area contributed by atoms with Crippen LogP contribution in [0, 0.1) is 0 Å². The van der Waals surface area contributed by atoms with E-state index in [1.165, 1.54) is 212 Å². The van der Waals surface area contributed by atoms with Gasteiger partial charge in [-0.05, 0) is 38.5 Å². The van der Waals surface area contributed by atoms with Crippen LogP contribution in [-0.4, -0.2) is 23.1 Å². The van der Waals surface area contributed by atoms with Gasteiger partial charge in [-0.1, -0.05) is 239 Å². The Hall–Kier alpha value is -1.06. The third kappa shape index (κ3) is 43.3. The fraction of sp³-hybridized carbons (Fsp3) is 0.958. The zero-order valence-electron chi connectivity index (χ0n) is 35.7. The van der Waals surface area contributed by atoms with E-state index >= 15 is 0 Å². The lowest BCUT2D eigenvalue weighted by Gasteiger charge is -2.18. The van der Waals surface area contributed by atoms with Crippen molar-refractivity contribution in [3.8, 4) is 0 Å². The van der Waals surface area contributed by atoms with Crippen molar-refractivity contribution in [1.29, 1.82) is 0 Å². The standard InChI is InChI=1S/C48H94O4/c1-3-5-7-9-11-13-15-17-19-20-21-22-23-24-26-28-30-32-34-36-41-45-48(51)52-46(43-39-37-40-44-47(49)50)42-38-35-33-31-29-27-25-18-16-14-12-10-8-6-4-2/h46H,3-45H2,1-2H3,(H,49,50). The van der Waals surface area contributed by atoms with Gasteiger partial charge in [0, 0.05) is 12.8 Å². The van der Waals surface area contributed by atoms with Crippen LogP contribution < -0.4 is 0 Å². The summed E-state index contributed by atoms with van der Waals surface area (Å²) in [6.07, 6.45) is 54.4. The molecular weight excluding hydrogens is 641 g/mol. The molecule has 0 aromatic carbocycles. The molecule has 0 bridgehead atoms. The van der Waals surface area contributed by atoms with E-state index in [1.807, 2.05) is 0 Å². The summed E-state index contributed by atoms with van der Waals surface area (Å²) in [7, 11) is 0. The van der Waals surface area contributed by atoms with Gasteiger partial charge in [0.15, 0.2) is 0 Å². The number of carboxylic acids is 1. The molecule has 0 aliphatic rings. The number of esters is 1. The molecule has 0 amide bonds. The molecule has 0 saturated heterocycles. The average Bonchev–Trinajstić information content (AvgIpc) is 3.13. The van der Waals surface area contributed by atoms with E-state index < -0.39 is 5.97 Å². The molecule has 0 radical (unpaired) electrons. The summed E-state index contributed by atoms with van der Waals surface area (Å²) < 4.78 is 5.99. The highest BCUT2D eigenvalue weighted by Crippen LogP contribution is 2.20. The average molecular weight is 735 g/mol. The first-order chi connectivity index (χ1) is 25.6. The molecule has 0 saturated carbocycles. The minimum absolute atomic E-state index is 0.00852. The number of carboxylic acid groups (broad SMARTS) is 1. The lowest BCUT2D eigenvalue weighted by molar-refractivity contribution is -0.150. The maximum absolute atomic E-state index is 12.7. The lowest BCUT2D eigenvalue weighted by Crippen LogP contribution is -2.18. The van der Waals surface area contributed by atoms with Crippen LogP contribution in [0.2, 0.25) is 0 Å². The first-order valence-electron chi connectivity index (χ1n) is 24.0. The van der Waals surface area contributed by atoms with E-state index in [-0.39, 0.29) is 18.5 Å². The molecule has 4 heteroatoms. The molecular formula is C48H94O4. The van der Waals surface area contributed by atoms with Crippen molar-refractivity contribution in [1.82, 2.24) is 0 Å². The third-order valence-corrected chi connectivity index (χ3v) is 11.3. The number of hydrogen-bond acceptors (Lipinski definition) is 3. The van der Waals surface area contributed by atoms with Crippen molar-refractivity contribution in [2.24, 2.45) is 0 Å². The molecule has 0 aliphatic carbocycles. The van der Waals surface area contributed by atoms with Crippen molar-refractivity contribution >= 4 is 11.9 Å². The summed E-state index contributed by atoms with van der Waals surface area (Å²) in [6, 6.07) is 0. The molecule has 52 heavy (non-hydrogen) atoms. The van der Waals surface area contributed by atoms with Crippen LogP contribution in [0.25, 0.3) is 0 Å². The second-order valence-electron chi connectivity index (χ2n) is 16.7. The van der Waals surface area contributed by atoms with Crippen LogP contribution >= 0.6 is 0 Å². The number of ether oxygens (including phenoxy) is 1. The van der Waals surface area contributed by atoms with Crippen LogP contribution in [0.15, 0.2) is 0 Å². The Morgan fingerprint density at radius 2 is 0.577 bits per heavy atom. The highest BCUT2D eigenvalue weighted by atomic mass is 16.5. The first kappa shape index (κ1) is 50.9. The normalized spacial score (nSPS) is 12.0. The Labute approximate surface area is 326 Å². The summed E-state index contributed by atoms with van der Waals surface area (Å²) >= 11 is 0. The van der Waals surface area contributed by atoms with Gasteiger partial charge in [-0.3, -0.25) is 9.59 Å². The van der Waals surface area contributed by atoms with Crippen molar-refractivity contribution in [2.75, 3.05) is 0 Å². The molecule has 0 aromatic heterocycles. The fourth-order valence-corrected chi connectivity index (χ4v) is 7.78. The van der Waals surface area contributed by atoms with Crippen LogP contribution in [0.3, 0.4) is 0 Å². The van der Waals surface area contributed by atoms with Crippen molar-refractivity contribution in [3.05, 3.63) is 0 Å². The monoisotopic (exact) mass is 735 g/mol. The molecule has 0 heterocycles. The number of hydrogen-bond donors (Lipinski definition) is 1. The zero-order valence-corrected chi connectivity index (χ0v) is 35.7. The van der Waals surface area contributed by atoms with E-state index in [0.717, 1.165) is 44.9 Å². The van der Waals surface area contributed by atoms with Crippen LogP contribution in [0.1, 0.15) is 290 Å². The minimum Gasteiger partial charge on any atom is -0.481 e. The predicted molar refractivity (Wildman–Crippen MR) is 227 cm³/mol. The molecule has 0 spiro atoms. The largest absolute Gasteiger partial charge is 0.481 e. The van der Waals surface area contributed by atoms with Gasteiger partial charge < -0.3 is 9.84 Å². The van der Waals surface area contributed by atoms with Crippen LogP contribution in [-0.2, 0) is 14.3 Å². The molecule has 310 valence electrons. The number of rotatable bonds is 45. The van der Waals surface area contributed by atoms with Crippen molar-refractivity contribution in [3.63, 3.8) is 0 Å². The van der Waals surface area contributed by atoms with E-state index in [1.54, 1.807) is 0 Å². The quantitative estimate of drug-likeness (QED) is 0.0500. The number of carbonyl (C=O) groups is 2. The van der Waals surface area contributed by atoms with Gasteiger partial charge in [-0.25, -0.2) is 0 Å². The highest BCUT2D eigenvalue weighted by molar-refractivity contribution is 5.69. The van der Waals surface area contributed by atoms with E-state index in [2.05, 4.69) is 13.8 Å². The van der Waals surface area contributed by atoms with Gasteiger partial charge in [-0.2, -0.15) is 0 Å². The smallest absolute Gasteiger partial charge is 0.306 e. The fourth-order valence-electron chi connectivity index (χ4n) is 7.78. The highest BCUT2D eigenvalue weighted by Gasteiger charge is 2.14. The third-order valence-electron chi connectivity index (χ3n) is 11.3. The molecule has 1 atom stereocenters. The Morgan fingerprint density at radius 3 is 0.865 bits per heavy atom. The van der Waals surface area contributed by atoms with E-state index in [9.17, 15) is 9.59 Å². The van der Waals surface area contributed by atoms with Gasteiger partial charge in [-0.15, -0.1) is 0 Å². The van der Waals surface area contributed by atoms with E-state index in [0.29, 0.717) is 12.8 Å². The maximum Gasteiger partial charge on any atom is 0.306 e. The molecule has 0 fully saturated rings. The van der Waals surface area contributed by atoms with Gasteiger partial charge in [0.1, 0.15) is 6.10 Å². The van der Waals surface area contributed by atoms with E-state index in [4.69, 9.17) is 9.84 Å². The SMILES string of the molecule is CCCCCCCCCCCCCCCCCCCCCCCC(=O)OC(CCCCCCCCCCCCCCCCC)CCCCCC(=O)O. The molecule has 0 aromatic rings. The predicted octanol–water partition coefficient (Wildman–Crippen LogP) is 16.8. The molecule has 1 unspecified atom stereocenters. The van der Waals surface area contributed by atoms with Crippen molar-refractivity contribution < 1.29 is 19.4 Å². The molecule has 1 N–H and O–H groups in total. The lowest BCUT2D eigenvalue weighted by atomic mass is 10.0. The number of unbranched alkanes of at least 4 members (excludes halogenated alkanes) is 36. The maximum atomic E-state index is 12.7. The summed E-state index contributed by atoms with van der Waals surface area (Å²) in [5, 5.41) is 8.93. The number of aliphatic carboxylic acids is 1. The summed E-state index contributed by atoms with van der Waals surface area (Å²) in [5.41, 5.74) is 0. The Balaban J connectivity index is 3.78. The Bertz CT molecular complexity index is 706. The zero-order chi connectivity index (χ0) is 37.8.